The summed E-state index contributed by atoms with van der Waals surface area (Å²) >= 11 is 6.11. The van der Waals surface area contributed by atoms with Crippen LogP contribution in [-0.2, 0) is 0 Å². The Kier molecular flexibility index (Phi) is 4.95. The van der Waals surface area contributed by atoms with Crippen molar-refractivity contribution in [2.45, 2.75) is 19.9 Å². The van der Waals surface area contributed by atoms with E-state index in [0.29, 0.717) is 11.6 Å². The van der Waals surface area contributed by atoms with E-state index in [9.17, 15) is 0 Å². The lowest BCUT2D eigenvalue weighted by Crippen LogP contribution is -2.29. The van der Waals surface area contributed by atoms with Gasteiger partial charge in [0.15, 0.2) is 0 Å². The van der Waals surface area contributed by atoms with E-state index in [2.05, 4.69) is 10.4 Å². The number of ether oxygens (including phenoxy) is 1. The fourth-order valence-corrected chi connectivity index (χ4v) is 2.45. The largest absolute Gasteiger partial charge is 0.492 e. The van der Waals surface area contributed by atoms with Gasteiger partial charge in [0.1, 0.15) is 5.75 Å². The molecule has 1 unspecified atom stereocenters. The van der Waals surface area contributed by atoms with Gasteiger partial charge in [-0.15, -0.1) is 0 Å². The number of aromatic nitrogens is 1. The molecule has 20 heavy (non-hydrogen) atoms. The summed E-state index contributed by atoms with van der Waals surface area (Å²) in [5.41, 5.74) is 5.81. The Balaban J connectivity index is 2.38. The first kappa shape index (κ1) is 14.8. The number of nitrogens with zero attached hydrogens (tertiary/aromatic N) is 1. The van der Waals surface area contributed by atoms with Crippen molar-refractivity contribution >= 4 is 11.6 Å². The van der Waals surface area contributed by atoms with E-state index >= 15 is 0 Å². The number of hydrogen-bond acceptors (Lipinski definition) is 4. The highest BCUT2D eigenvalue weighted by atomic mass is 35.5. The standard InChI is InChI=1S/C15H18ClN3O/c1-3-20-14-7-12(8-18-9-14)15(19-17)11-4-10(2)5-13(16)6-11/h4-9,15,19H,3,17H2,1-2H3. The predicted molar refractivity (Wildman–Crippen MR) is 80.8 cm³/mol. The van der Waals surface area contributed by atoms with Gasteiger partial charge in [-0.2, -0.15) is 0 Å². The van der Waals surface area contributed by atoms with Gasteiger partial charge in [-0.05, 0) is 48.7 Å². The zero-order valence-electron chi connectivity index (χ0n) is 11.6. The van der Waals surface area contributed by atoms with E-state index < -0.39 is 0 Å². The molecule has 0 bridgehead atoms. The molecule has 0 aliphatic heterocycles. The summed E-state index contributed by atoms with van der Waals surface area (Å²) in [6, 6.07) is 7.60. The number of hydrazine groups is 1. The molecule has 0 aliphatic carbocycles. The third-order valence-electron chi connectivity index (χ3n) is 2.94. The molecule has 0 saturated heterocycles. The maximum atomic E-state index is 6.11. The second-order valence-electron chi connectivity index (χ2n) is 4.55. The number of nitrogens with two attached hydrogens (primary N) is 1. The quantitative estimate of drug-likeness (QED) is 0.657. The first-order valence-corrected chi connectivity index (χ1v) is 6.82. The number of hydrogen-bond donors (Lipinski definition) is 2. The van der Waals surface area contributed by atoms with Crippen LogP contribution < -0.4 is 16.0 Å². The van der Waals surface area contributed by atoms with Crippen molar-refractivity contribution in [3.8, 4) is 5.75 Å². The van der Waals surface area contributed by atoms with Gasteiger partial charge < -0.3 is 4.74 Å². The zero-order chi connectivity index (χ0) is 14.5. The number of aryl methyl sites for hydroxylation is 1. The van der Waals surface area contributed by atoms with E-state index in [1.807, 2.05) is 38.1 Å². The monoisotopic (exact) mass is 291 g/mol. The van der Waals surface area contributed by atoms with E-state index in [1.165, 1.54) is 0 Å². The van der Waals surface area contributed by atoms with Crippen LogP contribution in [0.1, 0.15) is 29.7 Å². The maximum Gasteiger partial charge on any atom is 0.137 e. The molecule has 0 aliphatic rings. The summed E-state index contributed by atoms with van der Waals surface area (Å²) in [6.07, 6.45) is 3.45. The molecular formula is C15H18ClN3O. The van der Waals surface area contributed by atoms with Crippen LogP contribution in [0.2, 0.25) is 5.02 Å². The predicted octanol–water partition coefficient (Wildman–Crippen LogP) is 2.99. The van der Waals surface area contributed by atoms with Crippen molar-refractivity contribution in [3.05, 3.63) is 58.4 Å². The van der Waals surface area contributed by atoms with Gasteiger partial charge in [0.25, 0.3) is 0 Å². The lowest BCUT2D eigenvalue weighted by Gasteiger charge is -2.18. The molecule has 1 atom stereocenters. The highest BCUT2D eigenvalue weighted by Crippen LogP contribution is 2.26. The smallest absolute Gasteiger partial charge is 0.137 e. The van der Waals surface area contributed by atoms with Gasteiger partial charge in [-0.3, -0.25) is 10.8 Å². The lowest BCUT2D eigenvalue weighted by molar-refractivity contribution is 0.338. The topological polar surface area (TPSA) is 60.2 Å². The maximum absolute atomic E-state index is 6.11. The Morgan fingerprint density at radius 1 is 1.25 bits per heavy atom. The number of halogens is 1. The van der Waals surface area contributed by atoms with Gasteiger partial charge in [-0.1, -0.05) is 17.7 Å². The number of pyridine rings is 1. The Labute approximate surface area is 123 Å². The third-order valence-corrected chi connectivity index (χ3v) is 3.16. The highest BCUT2D eigenvalue weighted by Gasteiger charge is 2.14. The summed E-state index contributed by atoms with van der Waals surface area (Å²) < 4.78 is 5.47. The van der Waals surface area contributed by atoms with Gasteiger partial charge >= 0.3 is 0 Å². The number of benzene rings is 1. The minimum absolute atomic E-state index is 0.180. The average Bonchev–Trinajstić information content (AvgIpc) is 2.39. The van der Waals surface area contributed by atoms with Crippen molar-refractivity contribution in [2.24, 2.45) is 5.84 Å². The molecule has 2 rings (SSSR count). The van der Waals surface area contributed by atoms with Crippen LogP contribution in [0.4, 0.5) is 0 Å². The van der Waals surface area contributed by atoms with Gasteiger partial charge in [-0.25, -0.2) is 5.43 Å². The molecule has 3 N–H and O–H groups in total. The van der Waals surface area contributed by atoms with Crippen LogP contribution in [-0.4, -0.2) is 11.6 Å². The Morgan fingerprint density at radius 3 is 2.70 bits per heavy atom. The van der Waals surface area contributed by atoms with Crippen molar-refractivity contribution in [2.75, 3.05) is 6.61 Å². The van der Waals surface area contributed by atoms with E-state index in [4.69, 9.17) is 22.2 Å². The fraction of sp³-hybridized carbons (Fsp3) is 0.267. The summed E-state index contributed by atoms with van der Waals surface area (Å²) in [7, 11) is 0. The van der Waals surface area contributed by atoms with Gasteiger partial charge in [0, 0.05) is 11.2 Å². The highest BCUT2D eigenvalue weighted by molar-refractivity contribution is 6.30. The normalized spacial score (nSPS) is 12.2. The molecule has 0 fully saturated rings. The zero-order valence-corrected chi connectivity index (χ0v) is 12.3. The minimum Gasteiger partial charge on any atom is -0.492 e. The first-order chi connectivity index (χ1) is 9.63. The van der Waals surface area contributed by atoms with Gasteiger partial charge in [0.05, 0.1) is 18.8 Å². The average molecular weight is 292 g/mol. The molecule has 0 radical (unpaired) electrons. The molecule has 2 aromatic rings. The van der Waals surface area contributed by atoms with Crippen LogP contribution in [0.3, 0.4) is 0 Å². The van der Waals surface area contributed by atoms with Crippen LogP contribution in [0.5, 0.6) is 5.75 Å². The molecule has 5 heteroatoms. The third kappa shape index (κ3) is 3.48. The van der Waals surface area contributed by atoms with Crippen LogP contribution in [0, 0.1) is 6.92 Å². The minimum atomic E-state index is -0.180. The second kappa shape index (κ2) is 6.70. The molecule has 1 aromatic carbocycles. The molecule has 0 saturated carbocycles. The molecule has 1 heterocycles. The van der Waals surface area contributed by atoms with Crippen molar-refractivity contribution in [1.82, 2.24) is 10.4 Å². The fourth-order valence-electron chi connectivity index (χ4n) is 2.16. The van der Waals surface area contributed by atoms with Crippen LogP contribution in [0.15, 0.2) is 36.7 Å². The van der Waals surface area contributed by atoms with Crippen LogP contribution in [0.25, 0.3) is 0 Å². The lowest BCUT2D eigenvalue weighted by atomic mass is 9.99. The molecule has 106 valence electrons. The van der Waals surface area contributed by atoms with E-state index in [-0.39, 0.29) is 6.04 Å². The summed E-state index contributed by atoms with van der Waals surface area (Å²) in [5, 5.41) is 0.689. The molecule has 0 spiro atoms. The Bertz CT molecular complexity index is 569. The Hall–Kier alpha value is -1.62. The van der Waals surface area contributed by atoms with E-state index in [0.717, 1.165) is 22.4 Å². The molecule has 1 aromatic heterocycles. The SMILES string of the molecule is CCOc1cncc(C(NN)c2cc(C)cc(Cl)c2)c1. The molecular weight excluding hydrogens is 274 g/mol. The molecule has 0 amide bonds. The summed E-state index contributed by atoms with van der Waals surface area (Å²) in [5.74, 6) is 6.43. The van der Waals surface area contributed by atoms with Crippen molar-refractivity contribution in [3.63, 3.8) is 0 Å². The van der Waals surface area contributed by atoms with E-state index in [1.54, 1.807) is 12.4 Å². The molecule has 4 nitrogen and oxygen atoms in total. The number of rotatable bonds is 5. The summed E-state index contributed by atoms with van der Waals surface area (Å²) in [6.45, 7) is 4.53. The van der Waals surface area contributed by atoms with Gasteiger partial charge in [0.2, 0.25) is 0 Å². The van der Waals surface area contributed by atoms with Crippen LogP contribution >= 0.6 is 11.6 Å². The van der Waals surface area contributed by atoms with Crippen molar-refractivity contribution in [1.29, 1.82) is 0 Å². The Morgan fingerprint density at radius 2 is 2.05 bits per heavy atom. The second-order valence-corrected chi connectivity index (χ2v) is 4.99. The number of nitrogens with one attached hydrogen (secondary N) is 1. The van der Waals surface area contributed by atoms with Crippen molar-refractivity contribution < 1.29 is 4.74 Å². The summed E-state index contributed by atoms with van der Waals surface area (Å²) in [4.78, 5) is 4.19. The first-order valence-electron chi connectivity index (χ1n) is 6.45.